The lowest BCUT2D eigenvalue weighted by Crippen LogP contribution is -2.29. The highest BCUT2D eigenvalue weighted by Crippen LogP contribution is 2.31. The van der Waals surface area contributed by atoms with Crippen molar-refractivity contribution in [2.75, 3.05) is 5.73 Å². The molecule has 1 heterocycles. The highest BCUT2D eigenvalue weighted by molar-refractivity contribution is 6.31. The van der Waals surface area contributed by atoms with E-state index in [0.29, 0.717) is 10.7 Å². The molecule has 120 valence electrons. The summed E-state index contributed by atoms with van der Waals surface area (Å²) < 4.78 is 8.33. The van der Waals surface area contributed by atoms with Crippen LogP contribution in [0.4, 0.5) is 5.69 Å². The first-order chi connectivity index (χ1) is 10.9. The van der Waals surface area contributed by atoms with Crippen molar-refractivity contribution in [1.82, 2.24) is 9.55 Å². The minimum absolute atomic E-state index is 0.586. The van der Waals surface area contributed by atoms with Gasteiger partial charge in [-0.15, -0.1) is 0 Å². The first-order valence-corrected chi connectivity index (χ1v) is 7.99. The Balaban J connectivity index is 2.04. The quantitative estimate of drug-likeness (QED) is 0.711. The van der Waals surface area contributed by atoms with Crippen LogP contribution in [0.15, 0.2) is 42.5 Å². The summed E-state index contributed by atoms with van der Waals surface area (Å²) in [5.74, 6) is 1.63. The van der Waals surface area contributed by atoms with Crippen molar-refractivity contribution in [3.8, 4) is 5.75 Å². The number of aromatic nitrogens is 2. The maximum atomic E-state index is 6.17. The highest BCUT2D eigenvalue weighted by Gasteiger charge is 2.29. The van der Waals surface area contributed by atoms with Crippen LogP contribution in [0.25, 0.3) is 11.0 Å². The van der Waals surface area contributed by atoms with E-state index in [0.717, 1.165) is 29.2 Å². The number of rotatable bonds is 4. The van der Waals surface area contributed by atoms with E-state index in [2.05, 4.69) is 11.5 Å². The molecule has 3 aromatic rings. The minimum Gasteiger partial charge on any atom is -0.480 e. The molecule has 4 nitrogen and oxygen atoms in total. The molecule has 0 unspecified atom stereocenters. The number of aryl methyl sites for hydroxylation is 1. The Morgan fingerprint density at radius 2 is 1.87 bits per heavy atom. The van der Waals surface area contributed by atoms with Crippen LogP contribution in [0.2, 0.25) is 5.02 Å². The van der Waals surface area contributed by atoms with Crippen molar-refractivity contribution < 1.29 is 4.74 Å². The Kier molecular flexibility index (Phi) is 3.94. The summed E-state index contributed by atoms with van der Waals surface area (Å²) in [5, 5.41) is 0.682. The van der Waals surface area contributed by atoms with Crippen LogP contribution < -0.4 is 10.5 Å². The molecular weight excluding hydrogens is 310 g/mol. The average Bonchev–Trinajstić information content (AvgIpc) is 2.88. The van der Waals surface area contributed by atoms with Gasteiger partial charge in [0.25, 0.3) is 0 Å². The van der Waals surface area contributed by atoms with E-state index >= 15 is 0 Å². The largest absolute Gasteiger partial charge is 0.480 e. The Bertz CT molecular complexity index is 837. The Hall–Kier alpha value is -2.20. The number of fused-ring (bicyclic) bond motifs is 1. The summed E-state index contributed by atoms with van der Waals surface area (Å²) in [6, 6.07) is 13.2. The lowest BCUT2D eigenvalue weighted by atomic mass is 10.1. The van der Waals surface area contributed by atoms with Crippen molar-refractivity contribution in [3.63, 3.8) is 0 Å². The van der Waals surface area contributed by atoms with Crippen molar-refractivity contribution in [2.24, 2.45) is 0 Å². The summed E-state index contributed by atoms with van der Waals surface area (Å²) >= 11 is 6.09. The number of anilines is 1. The van der Waals surface area contributed by atoms with Crippen LogP contribution in [0.3, 0.4) is 0 Å². The second-order valence-electron chi connectivity index (χ2n) is 5.99. The van der Waals surface area contributed by atoms with Gasteiger partial charge in [-0.05, 0) is 63.2 Å². The predicted molar refractivity (Wildman–Crippen MR) is 94.9 cm³/mol. The van der Waals surface area contributed by atoms with Gasteiger partial charge in [-0.1, -0.05) is 11.6 Å². The zero-order chi connectivity index (χ0) is 16.6. The molecule has 1 aromatic heterocycles. The van der Waals surface area contributed by atoms with Crippen LogP contribution in [0.5, 0.6) is 5.75 Å². The van der Waals surface area contributed by atoms with E-state index in [4.69, 9.17) is 27.1 Å². The molecule has 0 fully saturated rings. The summed E-state index contributed by atoms with van der Waals surface area (Å²) in [7, 11) is 0. The standard InChI is InChI=1S/C18H20ClN3O/c1-4-22-16-10-5-12(19)11-15(16)21-17(22)18(2,3)23-14-8-6-13(20)7-9-14/h5-11H,4,20H2,1-3H3. The second-order valence-corrected chi connectivity index (χ2v) is 6.43. The third kappa shape index (κ3) is 2.99. The van der Waals surface area contributed by atoms with Gasteiger partial charge in [0.15, 0.2) is 11.4 Å². The number of hydrogen-bond acceptors (Lipinski definition) is 3. The van der Waals surface area contributed by atoms with E-state index in [1.807, 2.05) is 56.3 Å². The third-order valence-electron chi connectivity index (χ3n) is 3.82. The summed E-state index contributed by atoms with van der Waals surface area (Å²) in [4.78, 5) is 4.76. The second kappa shape index (κ2) is 5.78. The number of halogens is 1. The fraction of sp³-hybridized carbons (Fsp3) is 0.278. The Labute approximate surface area is 140 Å². The van der Waals surface area contributed by atoms with Gasteiger partial charge >= 0.3 is 0 Å². The first kappa shape index (κ1) is 15.7. The molecule has 0 aliphatic rings. The zero-order valence-electron chi connectivity index (χ0n) is 13.5. The Morgan fingerprint density at radius 1 is 1.17 bits per heavy atom. The molecule has 0 radical (unpaired) electrons. The Morgan fingerprint density at radius 3 is 2.52 bits per heavy atom. The maximum absolute atomic E-state index is 6.17. The van der Waals surface area contributed by atoms with Gasteiger partial charge in [0.05, 0.1) is 11.0 Å². The molecule has 0 bridgehead atoms. The minimum atomic E-state index is -0.586. The number of nitrogens with two attached hydrogens (primary N) is 1. The van der Waals surface area contributed by atoms with E-state index in [1.54, 1.807) is 0 Å². The molecule has 0 spiro atoms. The number of benzene rings is 2. The van der Waals surface area contributed by atoms with Crippen LogP contribution in [-0.4, -0.2) is 9.55 Å². The monoisotopic (exact) mass is 329 g/mol. The van der Waals surface area contributed by atoms with Crippen LogP contribution in [0.1, 0.15) is 26.6 Å². The number of ether oxygens (including phenoxy) is 1. The van der Waals surface area contributed by atoms with E-state index in [-0.39, 0.29) is 0 Å². The first-order valence-electron chi connectivity index (χ1n) is 7.61. The smallest absolute Gasteiger partial charge is 0.161 e. The molecule has 0 saturated heterocycles. The maximum Gasteiger partial charge on any atom is 0.161 e. The van der Waals surface area contributed by atoms with Gasteiger partial charge < -0.3 is 15.0 Å². The molecular formula is C18H20ClN3O. The predicted octanol–water partition coefficient (Wildman–Crippen LogP) is 4.61. The van der Waals surface area contributed by atoms with Gasteiger partial charge in [-0.3, -0.25) is 0 Å². The van der Waals surface area contributed by atoms with Gasteiger partial charge in [0.1, 0.15) is 5.75 Å². The van der Waals surface area contributed by atoms with Crippen molar-refractivity contribution >= 4 is 28.3 Å². The van der Waals surface area contributed by atoms with Crippen LogP contribution >= 0.6 is 11.6 Å². The molecule has 0 aliphatic carbocycles. The fourth-order valence-corrected chi connectivity index (χ4v) is 2.93. The average molecular weight is 330 g/mol. The zero-order valence-corrected chi connectivity index (χ0v) is 14.3. The van der Waals surface area contributed by atoms with Crippen LogP contribution in [0, 0.1) is 0 Å². The topological polar surface area (TPSA) is 53.1 Å². The van der Waals surface area contributed by atoms with E-state index < -0.39 is 5.60 Å². The van der Waals surface area contributed by atoms with Crippen molar-refractivity contribution in [2.45, 2.75) is 32.9 Å². The molecule has 5 heteroatoms. The third-order valence-corrected chi connectivity index (χ3v) is 4.05. The lowest BCUT2D eigenvalue weighted by molar-refractivity contribution is 0.0949. The molecule has 0 atom stereocenters. The van der Waals surface area contributed by atoms with Gasteiger partial charge in [-0.25, -0.2) is 4.98 Å². The summed E-state index contributed by atoms with van der Waals surface area (Å²) in [5.41, 5.74) is 7.79. The molecule has 0 aliphatic heterocycles. The number of nitrogen functional groups attached to an aromatic ring is 1. The summed E-state index contributed by atoms with van der Waals surface area (Å²) in [6.45, 7) is 6.93. The molecule has 2 N–H and O–H groups in total. The van der Waals surface area contributed by atoms with Crippen molar-refractivity contribution in [1.29, 1.82) is 0 Å². The van der Waals surface area contributed by atoms with E-state index in [9.17, 15) is 0 Å². The normalized spacial score (nSPS) is 11.8. The van der Waals surface area contributed by atoms with Gasteiger partial charge in [-0.2, -0.15) is 0 Å². The van der Waals surface area contributed by atoms with E-state index in [1.165, 1.54) is 0 Å². The number of nitrogens with zero attached hydrogens (tertiary/aromatic N) is 2. The molecule has 23 heavy (non-hydrogen) atoms. The van der Waals surface area contributed by atoms with Gasteiger partial charge in [0.2, 0.25) is 0 Å². The molecule has 3 rings (SSSR count). The molecule has 2 aromatic carbocycles. The molecule has 0 saturated carbocycles. The number of hydrogen-bond donors (Lipinski definition) is 1. The number of imidazole rings is 1. The lowest BCUT2D eigenvalue weighted by Gasteiger charge is -2.26. The molecule has 0 amide bonds. The van der Waals surface area contributed by atoms with Crippen molar-refractivity contribution in [3.05, 3.63) is 53.3 Å². The highest BCUT2D eigenvalue weighted by atomic mass is 35.5. The summed E-state index contributed by atoms with van der Waals surface area (Å²) in [6.07, 6.45) is 0. The SMILES string of the molecule is CCn1c(C(C)(C)Oc2ccc(N)cc2)nc2cc(Cl)ccc21. The van der Waals surface area contributed by atoms with Gasteiger partial charge in [0, 0.05) is 17.3 Å². The fourth-order valence-electron chi connectivity index (χ4n) is 2.76. The van der Waals surface area contributed by atoms with Crippen LogP contribution in [-0.2, 0) is 12.1 Å².